The summed E-state index contributed by atoms with van der Waals surface area (Å²) in [6.07, 6.45) is 0.788. The first-order valence-corrected chi connectivity index (χ1v) is 9.06. The van der Waals surface area contributed by atoms with Crippen LogP contribution in [0.3, 0.4) is 0 Å². The molecule has 130 valence electrons. The Bertz CT molecular complexity index is 920. The first-order chi connectivity index (χ1) is 12.8. The summed E-state index contributed by atoms with van der Waals surface area (Å²) in [5.41, 5.74) is 5.30. The molecule has 0 saturated carbocycles. The Morgan fingerprint density at radius 2 is 1.58 bits per heavy atom. The lowest BCUT2D eigenvalue weighted by Crippen LogP contribution is -2.32. The normalized spacial score (nSPS) is 15.8. The van der Waals surface area contributed by atoms with Crippen molar-refractivity contribution in [3.8, 4) is 0 Å². The summed E-state index contributed by atoms with van der Waals surface area (Å²) in [6, 6.07) is 26.3. The lowest BCUT2D eigenvalue weighted by molar-refractivity contribution is 0.0728. The van der Waals surface area contributed by atoms with Crippen molar-refractivity contribution in [3.63, 3.8) is 0 Å². The highest BCUT2D eigenvalue weighted by molar-refractivity contribution is 5.99. The number of para-hydroxylation sites is 1. The molecule has 3 aromatic carbocycles. The number of nitrogens with one attached hydrogen (secondary N) is 1. The van der Waals surface area contributed by atoms with E-state index in [9.17, 15) is 4.79 Å². The van der Waals surface area contributed by atoms with Gasteiger partial charge in [0.15, 0.2) is 0 Å². The van der Waals surface area contributed by atoms with Gasteiger partial charge in [-0.05, 0) is 29.7 Å². The highest BCUT2D eigenvalue weighted by Gasteiger charge is 2.36. The fraction of sp³-hybridized carbons (Fsp3) is 0.174. The van der Waals surface area contributed by atoms with E-state index in [-0.39, 0.29) is 12.1 Å². The Morgan fingerprint density at radius 3 is 2.38 bits per heavy atom. The summed E-state index contributed by atoms with van der Waals surface area (Å²) in [5.74, 6) is 0.0796. The zero-order chi connectivity index (χ0) is 17.9. The van der Waals surface area contributed by atoms with Gasteiger partial charge in [0.1, 0.15) is 6.17 Å². The van der Waals surface area contributed by atoms with Crippen molar-refractivity contribution in [3.05, 3.63) is 101 Å². The van der Waals surface area contributed by atoms with Crippen molar-refractivity contribution in [1.29, 1.82) is 0 Å². The zero-order valence-electron chi connectivity index (χ0n) is 14.9. The zero-order valence-corrected chi connectivity index (χ0v) is 14.9. The number of anilines is 1. The van der Waals surface area contributed by atoms with Crippen LogP contribution in [0, 0.1) is 0 Å². The Labute approximate surface area is 154 Å². The van der Waals surface area contributed by atoms with E-state index in [1.165, 1.54) is 5.56 Å². The molecule has 1 amide bonds. The van der Waals surface area contributed by atoms with E-state index >= 15 is 0 Å². The predicted octanol–water partition coefficient (Wildman–Crippen LogP) is 5.02. The molecule has 0 aromatic heterocycles. The van der Waals surface area contributed by atoms with Crippen LogP contribution in [-0.2, 0) is 13.0 Å². The van der Waals surface area contributed by atoms with Gasteiger partial charge >= 0.3 is 0 Å². The minimum absolute atomic E-state index is 0.0796. The second-order valence-electron chi connectivity index (χ2n) is 6.56. The SMILES string of the molecule is CCc1ccccc1N[C@H]1c2ccccc2C(=O)N1Cc1ccccc1. The fourth-order valence-electron chi connectivity index (χ4n) is 3.59. The van der Waals surface area contributed by atoms with Gasteiger partial charge in [0, 0.05) is 23.4 Å². The van der Waals surface area contributed by atoms with E-state index < -0.39 is 0 Å². The van der Waals surface area contributed by atoms with Crippen molar-refractivity contribution < 1.29 is 4.79 Å². The lowest BCUT2D eigenvalue weighted by Gasteiger charge is -2.28. The lowest BCUT2D eigenvalue weighted by atomic mass is 10.1. The molecule has 0 aliphatic carbocycles. The smallest absolute Gasteiger partial charge is 0.256 e. The van der Waals surface area contributed by atoms with E-state index in [0.29, 0.717) is 6.54 Å². The standard InChI is InChI=1S/C23H22N2O/c1-2-18-12-6-9-15-21(18)24-22-19-13-7-8-14-20(19)23(26)25(22)16-17-10-4-3-5-11-17/h3-15,22,24H,2,16H2,1H3/t22-/m1/s1. The van der Waals surface area contributed by atoms with Gasteiger partial charge in [-0.2, -0.15) is 0 Å². The van der Waals surface area contributed by atoms with Gasteiger partial charge < -0.3 is 10.2 Å². The summed E-state index contributed by atoms with van der Waals surface area (Å²) in [6.45, 7) is 2.73. The molecule has 4 rings (SSSR count). The number of hydrogen-bond donors (Lipinski definition) is 1. The van der Waals surface area contributed by atoms with Crippen molar-refractivity contribution in [2.75, 3.05) is 5.32 Å². The number of rotatable bonds is 5. The molecule has 3 nitrogen and oxygen atoms in total. The molecule has 3 aromatic rings. The number of fused-ring (bicyclic) bond motifs is 1. The second kappa shape index (κ2) is 7.04. The van der Waals surface area contributed by atoms with Crippen molar-refractivity contribution >= 4 is 11.6 Å². The van der Waals surface area contributed by atoms with Gasteiger partial charge in [-0.1, -0.05) is 73.7 Å². The molecule has 0 bridgehead atoms. The third kappa shape index (κ3) is 2.97. The quantitative estimate of drug-likeness (QED) is 0.706. The predicted molar refractivity (Wildman–Crippen MR) is 105 cm³/mol. The molecule has 0 unspecified atom stereocenters. The molecule has 1 aliphatic rings. The Kier molecular flexibility index (Phi) is 4.44. The molecule has 0 radical (unpaired) electrons. The third-order valence-corrected chi connectivity index (χ3v) is 4.94. The summed E-state index contributed by atoms with van der Waals surface area (Å²) < 4.78 is 0. The van der Waals surface area contributed by atoms with Crippen molar-refractivity contribution in [2.24, 2.45) is 0 Å². The highest BCUT2D eigenvalue weighted by Crippen LogP contribution is 2.36. The van der Waals surface area contributed by atoms with Crippen LogP contribution in [0.4, 0.5) is 5.69 Å². The number of carbonyl (C=O) groups excluding carboxylic acids is 1. The van der Waals surface area contributed by atoms with Crippen LogP contribution in [0.25, 0.3) is 0 Å². The van der Waals surface area contributed by atoms with E-state index in [2.05, 4.69) is 42.6 Å². The maximum atomic E-state index is 13.0. The third-order valence-electron chi connectivity index (χ3n) is 4.94. The molecule has 0 saturated heterocycles. The Hall–Kier alpha value is -3.07. The van der Waals surface area contributed by atoms with Crippen LogP contribution in [0.5, 0.6) is 0 Å². The number of amides is 1. The maximum absolute atomic E-state index is 13.0. The van der Waals surface area contributed by atoms with E-state index in [1.54, 1.807) is 0 Å². The van der Waals surface area contributed by atoms with Gasteiger partial charge in [-0.3, -0.25) is 4.79 Å². The van der Waals surface area contributed by atoms with Gasteiger partial charge in [0.05, 0.1) is 0 Å². The highest BCUT2D eigenvalue weighted by atomic mass is 16.2. The molecular formula is C23H22N2O. The molecule has 1 N–H and O–H groups in total. The van der Waals surface area contributed by atoms with Crippen molar-refractivity contribution in [1.82, 2.24) is 4.90 Å². The number of benzene rings is 3. The summed E-state index contributed by atoms with van der Waals surface area (Å²) in [4.78, 5) is 15.0. The summed E-state index contributed by atoms with van der Waals surface area (Å²) in [5, 5.41) is 3.62. The minimum atomic E-state index is -0.161. The van der Waals surface area contributed by atoms with Gasteiger partial charge in [-0.15, -0.1) is 0 Å². The van der Waals surface area contributed by atoms with Crippen molar-refractivity contribution in [2.45, 2.75) is 26.1 Å². The van der Waals surface area contributed by atoms with Crippen LogP contribution >= 0.6 is 0 Å². The molecule has 1 aliphatic heterocycles. The van der Waals surface area contributed by atoms with E-state index in [4.69, 9.17) is 0 Å². The number of carbonyl (C=O) groups is 1. The van der Waals surface area contributed by atoms with Crippen LogP contribution < -0.4 is 5.32 Å². The number of nitrogens with zero attached hydrogens (tertiary/aromatic N) is 1. The topological polar surface area (TPSA) is 32.3 Å². The van der Waals surface area contributed by atoms with Crippen LogP contribution in [-0.4, -0.2) is 10.8 Å². The molecule has 0 spiro atoms. The molecule has 26 heavy (non-hydrogen) atoms. The number of hydrogen-bond acceptors (Lipinski definition) is 2. The van der Waals surface area contributed by atoms with Crippen LogP contribution in [0.1, 0.15) is 40.1 Å². The first kappa shape index (κ1) is 16.4. The molecule has 1 atom stereocenters. The molecular weight excluding hydrogens is 320 g/mol. The number of aryl methyl sites for hydroxylation is 1. The largest absolute Gasteiger partial charge is 0.361 e. The summed E-state index contributed by atoms with van der Waals surface area (Å²) in [7, 11) is 0. The van der Waals surface area contributed by atoms with Crippen LogP contribution in [0.15, 0.2) is 78.9 Å². The van der Waals surface area contributed by atoms with Gasteiger partial charge in [0.2, 0.25) is 0 Å². The summed E-state index contributed by atoms with van der Waals surface area (Å²) >= 11 is 0. The molecule has 1 heterocycles. The van der Waals surface area contributed by atoms with Gasteiger partial charge in [-0.25, -0.2) is 0 Å². The maximum Gasteiger partial charge on any atom is 0.256 e. The molecule has 0 fully saturated rings. The average Bonchev–Trinajstić information content (AvgIpc) is 2.95. The Morgan fingerprint density at radius 1 is 0.885 bits per heavy atom. The first-order valence-electron chi connectivity index (χ1n) is 9.06. The fourth-order valence-corrected chi connectivity index (χ4v) is 3.59. The average molecular weight is 342 g/mol. The van der Waals surface area contributed by atoms with E-state index in [1.807, 2.05) is 53.4 Å². The van der Waals surface area contributed by atoms with E-state index in [0.717, 1.165) is 28.8 Å². The monoisotopic (exact) mass is 342 g/mol. The van der Waals surface area contributed by atoms with Gasteiger partial charge in [0.25, 0.3) is 5.91 Å². The second-order valence-corrected chi connectivity index (χ2v) is 6.56. The Balaban J connectivity index is 1.71. The van der Waals surface area contributed by atoms with Crippen LogP contribution in [0.2, 0.25) is 0 Å². The minimum Gasteiger partial charge on any atom is -0.361 e. The molecule has 3 heteroatoms.